The van der Waals surface area contributed by atoms with E-state index in [0.717, 1.165) is 25.9 Å². The van der Waals surface area contributed by atoms with Crippen LogP contribution in [0.5, 0.6) is 0 Å². The first kappa shape index (κ1) is 14.8. The molecule has 0 saturated heterocycles. The Hall–Kier alpha value is -1.65. The summed E-state index contributed by atoms with van der Waals surface area (Å²) in [5, 5.41) is 3.25. The summed E-state index contributed by atoms with van der Waals surface area (Å²) >= 11 is 0. The molecule has 0 saturated carbocycles. The minimum absolute atomic E-state index is 0. The number of fused-ring (bicyclic) bond motifs is 1. The Morgan fingerprint density at radius 1 is 1.10 bits per heavy atom. The van der Waals surface area contributed by atoms with E-state index >= 15 is 0 Å². The number of carbonyl (C=O) groups excluding carboxylic acids is 2. The topological polar surface area (TPSA) is 49.4 Å². The quantitative estimate of drug-likeness (QED) is 0.685. The minimum Gasteiger partial charge on any atom is -0.313 e. The van der Waals surface area contributed by atoms with Crippen LogP contribution in [0.2, 0.25) is 0 Å². The lowest BCUT2D eigenvalue weighted by Gasteiger charge is -2.18. The zero-order valence-corrected chi connectivity index (χ0v) is 11.9. The van der Waals surface area contributed by atoms with Gasteiger partial charge in [-0.25, -0.2) is 0 Å². The number of nitrogens with one attached hydrogen (secondary N) is 1. The maximum Gasteiger partial charge on any atom is 0.261 e. The Morgan fingerprint density at radius 3 is 2.30 bits per heavy atom. The van der Waals surface area contributed by atoms with E-state index in [0.29, 0.717) is 17.7 Å². The Morgan fingerprint density at radius 2 is 1.75 bits per heavy atom. The largest absolute Gasteiger partial charge is 0.313 e. The zero-order valence-electron chi connectivity index (χ0n) is 11.1. The summed E-state index contributed by atoms with van der Waals surface area (Å²) in [4.78, 5) is 25.7. The van der Waals surface area contributed by atoms with Crippen LogP contribution in [0.25, 0.3) is 0 Å². The molecule has 1 N–H and O–H groups in total. The fourth-order valence-electron chi connectivity index (χ4n) is 2.59. The van der Waals surface area contributed by atoms with E-state index in [1.54, 1.807) is 24.3 Å². The van der Waals surface area contributed by atoms with E-state index in [1.807, 2.05) is 0 Å². The molecule has 0 aliphatic carbocycles. The molecule has 0 radical (unpaired) electrons. The molecule has 5 heteroatoms. The first-order chi connectivity index (χ1) is 9.27. The highest BCUT2D eigenvalue weighted by Crippen LogP contribution is 2.23. The molecular formula is C15H17ClN2O2. The maximum absolute atomic E-state index is 12.2. The van der Waals surface area contributed by atoms with Crippen molar-refractivity contribution in [3.8, 4) is 0 Å². The molecule has 0 fully saturated rings. The first-order valence-electron chi connectivity index (χ1n) is 6.61. The number of hydrogen-bond acceptors (Lipinski definition) is 3. The van der Waals surface area contributed by atoms with E-state index in [9.17, 15) is 9.59 Å². The smallest absolute Gasteiger partial charge is 0.261 e. The second-order valence-corrected chi connectivity index (χ2v) is 4.87. The second kappa shape index (κ2) is 6.20. The van der Waals surface area contributed by atoms with Gasteiger partial charge < -0.3 is 5.32 Å². The number of hydrogen-bond donors (Lipinski definition) is 1. The van der Waals surface area contributed by atoms with Crippen LogP contribution >= 0.6 is 12.4 Å². The molecule has 0 spiro atoms. The van der Waals surface area contributed by atoms with Crippen molar-refractivity contribution in [1.29, 1.82) is 0 Å². The molecule has 0 bridgehead atoms. The molecule has 106 valence electrons. The average molecular weight is 293 g/mol. The van der Waals surface area contributed by atoms with Gasteiger partial charge >= 0.3 is 0 Å². The summed E-state index contributed by atoms with van der Waals surface area (Å²) in [5.41, 5.74) is 2.40. The molecule has 2 amide bonds. The molecule has 2 heterocycles. The third-order valence-electron chi connectivity index (χ3n) is 3.69. The van der Waals surface area contributed by atoms with Crippen LogP contribution < -0.4 is 5.32 Å². The number of benzene rings is 1. The number of carbonyl (C=O) groups is 2. The van der Waals surface area contributed by atoms with Gasteiger partial charge in [-0.1, -0.05) is 23.8 Å². The van der Waals surface area contributed by atoms with Crippen molar-refractivity contribution in [3.05, 3.63) is 47.0 Å². The van der Waals surface area contributed by atoms with Gasteiger partial charge in [0.05, 0.1) is 11.1 Å². The lowest BCUT2D eigenvalue weighted by Crippen LogP contribution is -2.31. The van der Waals surface area contributed by atoms with Crippen molar-refractivity contribution in [2.45, 2.75) is 12.8 Å². The van der Waals surface area contributed by atoms with E-state index in [2.05, 4.69) is 11.4 Å². The lowest BCUT2D eigenvalue weighted by atomic mass is 10.1. The molecule has 4 nitrogen and oxygen atoms in total. The summed E-state index contributed by atoms with van der Waals surface area (Å²) in [6, 6.07) is 7.03. The Kier molecular flexibility index (Phi) is 4.57. The minimum atomic E-state index is -0.157. The normalized spacial score (nSPS) is 17.6. The molecular weight excluding hydrogens is 276 g/mol. The van der Waals surface area contributed by atoms with Crippen LogP contribution in [0, 0.1) is 0 Å². The van der Waals surface area contributed by atoms with Crippen LogP contribution in [-0.2, 0) is 0 Å². The van der Waals surface area contributed by atoms with Gasteiger partial charge in [0.1, 0.15) is 0 Å². The standard InChI is InChI=1S/C15H16N2O2.ClH/c18-14-12-3-1-2-4-13(12)15(19)17(14)10-7-11-5-8-16-9-6-11;/h1-5,16H,6-10H2;1H. The highest BCUT2D eigenvalue weighted by atomic mass is 35.5. The molecule has 2 aliphatic rings. The predicted molar refractivity (Wildman–Crippen MR) is 79.2 cm³/mol. The summed E-state index contributed by atoms with van der Waals surface area (Å²) in [6.07, 6.45) is 3.94. The van der Waals surface area contributed by atoms with Gasteiger partial charge in [0.15, 0.2) is 0 Å². The lowest BCUT2D eigenvalue weighted by molar-refractivity contribution is 0.0656. The van der Waals surface area contributed by atoms with Crippen LogP contribution in [0.4, 0.5) is 0 Å². The number of nitrogens with zero attached hydrogens (tertiary/aromatic N) is 1. The molecule has 0 unspecified atom stereocenters. The summed E-state index contributed by atoms with van der Waals surface area (Å²) in [5.74, 6) is -0.315. The summed E-state index contributed by atoms with van der Waals surface area (Å²) in [6.45, 7) is 2.35. The van der Waals surface area contributed by atoms with Crippen LogP contribution in [0.3, 0.4) is 0 Å². The van der Waals surface area contributed by atoms with Gasteiger partial charge in [0.2, 0.25) is 0 Å². The Bertz CT molecular complexity index is 534. The number of imide groups is 1. The third-order valence-corrected chi connectivity index (χ3v) is 3.69. The number of amides is 2. The van der Waals surface area contributed by atoms with Gasteiger partial charge in [-0.2, -0.15) is 0 Å². The highest BCUT2D eigenvalue weighted by molar-refractivity contribution is 6.21. The average Bonchev–Trinajstić information content (AvgIpc) is 2.71. The Labute approximate surface area is 124 Å². The molecule has 20 heavy (non-hydrogen) atoms. The van der Waals surface area contributed by atoms with Gasteiger partial charge in [-0.3, -0.25) is 14.5 Å². The van der Waals surface area contributed by atoms with Crippen molar-refractivity contribution < 1.29 is 9.59 Å². The summed E-state index contributed by atoms with van der Waals surface area (Å²) in [7, 11) is 0. The van der Waals surface area contributed by atoms with Crippen molar-refractivity contribution in [2.24, 2.45) is 0 Å². The highest BCUT2D eigenvalue weighted by Gasteiger charge is 2.34. The number of rotatable bonds is 3. The molecule has 3 rings (SSSR count). The van der Waals surface area contributed by atoms with Crippen molar-refractivity contribution in [2.75, 3.05) is 19.6 Å². The first-order valence-corrected chi connectivity index (χ1v) is 6.61. The fraction of sp³-hybridized carbons (Fsp3) is 0.333. The van der Waals surface area contributed by atoms with Gasteiger partial charge in [-0.05, 0) is 31.5 Å². The van der Waals surface area contributed by atoms with Gasteiger partial charge in [-0.15, -0.1) is 12.4 Å². The molecule has 0 atom stereocenters. The monoisotopic (exact) mass is 292 g/mol. The molecule has 1 aromatic rings. The van der Waals surface area contributed by atoms with Crippen molar-refractivity contribution in [3.63, 3.8) is 0 Å². The van der Waals surface area contributed by atoms with Crippen LogP contribution in [0.15, 0.2) is 35.9 Å². The number of halogens is 1. The maximum atomic E-state index is 12.2. The van der Waals surface area contributed by atoms with Crippen molar-refractivity contribution in [1.82, 2.24) is 10.2 Å². The van der Waals surface area contributed by atoms with E-state index in [-0.39, 0.29) is 24.2 Å². The molecule has 0 aromatic heterocycles. The molecule has 2 aliphatic heterocycles. The molecule has 1 aromatic carbocycles. The van der Waals surface area contributed by atoms with Crippen molar-refractivity contribution >= 4 is 24.2 Å². The zero-order chi connectivity index (χ0) is 13.2. The fourth-order valence-corrected chi connectivity index (χ4v) is 2.59. The Balaban J connectivity index is 0.00000147. The predicted octanol–water partition coefficient (Wildman–Crippen LogP) is 2.01. The summed E-state index contributed by atoms with van der Waals surface area (Å²) < 4.78 is 0. The van der Waals surface area contributed by atoms with Crippen LogP contribution in [0.1, 0.15) is 33.6 Å². The van der Waals surface area contributed by atoms with Gasteiger partial charge in [0.25, 0.3) is 11.8 Å². The van der Waals surface area contributed by atoms with E-state index in [1.165, 1.54) is 10.5 Å². The second-order valence-electron chi connectivity index (χ2n) is 4.87. The third kappa shape index (κ3) is 2.62. The SMILES string of the molecule is Cl.O=C1c2ccccc2C(=O)N1CCC1=CCNCC1. The van der Waals surface area contributed by atoms with Crippen LogP contribution in [-0.4, -0.2) is 36.3 Å². The van der Waals surface area contributed by atoms with E-state index in [4.69, 9.17) is 0 Å². The van der Waals surface area contributed by atoms with Gasteiger partial charge in [0, 0.05) is 13.1 Å². The van der Waals surface area contributed by atoms with E-state index < -0.39 is 0 Å².